The number of hydrogen-bond donors (Lipinski definition) is 2. The Hall–Kier alpha value is -1.75. The zero-order valence-electron chi connectivity index (χ0n) is 10.0. The molecule has 0 aliphatic rings. The van der Waals surface area contributed by atoms with Gasteiger partial charge < -0.3 is 19.9 Å². The van der Waals surface area contributed by atoms with Crippen molar-refractivity contribution < 1.29 is 19.4 Å². The highest BCUT2D eigenvalue weighted by atomic mass is 16.5. The first kappa shape index (κ1) is 13.3. The van der Waals surface area contributed by atoms with Gasteiger partial charge in [-0.15, -0.1) is 0 Å². The van der Waals surface area contributed by atoms with Crippen LogP contribution in [0.2, 0.25) is 0 Å². The van der Waals surface area contributed by atoms with Gasteiger partial charge in [-0.2, -0.15) is 0 Å². The van der Waals surface area contributed by atoms with Gasteiger partial charge in [-0.25, -0.2) is 4.79 Å². The number of aryl methyl sites for hydroxylation is 1. The molecule has 5 heteroatoms. The molecular weight excluding hydrogens is 222 g/mol. The van der Waals surface area contributed by atoms with Crippen LogP contribution in [-0.4, -0.2) is 31.5 Å². The number of rotatable bonds is 5. The van der Waals surface area contributed by atoms with Crippen LogP contribution in [0.25, 0.3) is 0 Å². The lowest BCUT2D eigenvalue weighted by Crippen LogP contribution is -2.27. The molecule has 0 spiro atoms. The highest BCUT2D eigenvalue weighted by Gasteiger charge is 2.06. The second-order valence-electron chi connectivity index (χ2n) is 3.54. The highest BCUT2D eigenvalue weighted by molar-refractivity contribution is 5.67. The Kier molecular flexibility index (Phi) is 5.29. The average Bonchev–Trinajstić information content (AvgIpc) is 2.34. The number of nitrogens with one attached hydrogen (secondary N) is 1. The largest absolute Gasteiger partial charge is 0.496 e. The van der Waals surface area contributed by atoms with Crippen LogP contribution in [0.4, 0.5) is 4.79 Å². The zero-order valence-corrected chi connectivity index (χ0v) is 10.0. The van der Waals surface area contributed by atoms with Crippen molar-refractivity contribution in [2.45, 2.75) is 13.5 Å². The van der Waals surface area contributed by atoms with E-state index in [-0.39, 0.29) is 19.8 Å². The quantitative estimate of drug-likeness (QED) is 0.810. The second kappa shape index (κ2) is 6.75. The molecule has 17 heavy (non-hydrogen) atoms. The van der Waals surface area contributed by atoms with Crippen molar-refractivity contribution in [2.75, 3.05) is 20.3 Å². The molecule has 0 heterocycles. The van der Waals surface area contributed by atoms with Crippen LogP contribution in [0, 0.1) is 6.92 Å². The van der Waals surface area contributed by atoms with Crippen molar-refractivity contribution in [3.63, 3.8) is 0 Å². The number of methoxy groups -OCH3 is 1. The van der Waals surface area contributed by atoms with Gasteiger partial charge in [0, 0.05) is 12.1 Å². The summed E-state index contributed by atoms with van der Waals surface area (Å²) in [6.07, 6.45) is -0.553. The predicted octanol–water partition coefficient (Wildman–Crippen LogP) is 1.22. The maximum atomic E-state index is 11.2. The standard InChI is InChI=1S/C12H17NO4/c1-9-3-4-11(16-2)10(7-9)8-17-12(15)13-5-6-14/h3-4,7,14H,5-6,8H2,1-2H3,(H,13,15). The van der Waals surface area contributed by atoms with Crippen molar-refractivity contribution in [3.05, 3.63) is 29.3 Å². The van der Waals surface area contributed by atoms with Crippen LogP contribution in [0.5, 0.6) is 5.75 Å². The van der Waals surface area contributed by atoms with Crippen molar-refractivity contribution in [1.82, 2.24) is 5.32 Å². The molecule has 5 nitrogen and oxygen atoms in total. The second-order valence-corrected chi connectivity index (χ2v) is 3.54. The molecule has 0 aliphatic heterocycles. The summed E-state index contributed by atoms with van der Waals surface area (Å²) in [5.74, 6) is 0.686. The molecule has 0 saturated heterocycles. The van der Waals surface area contributed by atoms with Gasteiger partial charge in [-0.3, -0.25) is 0 Å². The van der Waals surface area contributed by atoms with E-state index in [2.05, 4.69) is 5.32 Å². The summed E-state index contributed by atoms with van der Waals surface area (Å²) in [6, 6.07) is 5.66. The summed E-state index contributed by atoms with van der Waals surface area (Å²) >= 11 is 0. The summed E-state index contributed by atoms with van der Waals surface area (Å²) in [6.45, 7) is 2.17. The van der Waals surface area contributed by atoms with Crippen LogP contribution < -0.4 is 10.1 Å². The van der Waals surface area contributed by atoms with Gasteiger partial charge in [0.15, 0.2) is 0 Å². The summed E-state index contributed by atoms with van der Waals surface area (Å²) in [5.41, 5.74) is 1.88. The maximum Gasteiger partial charge on any atom is 0.407 e. The predicted molar refractivity (Wildman–Crippen MR) is 63.0 cm³/mol. The number of ether oxygens (including phenoxy) is 2. The third-order valence-corrected chi connectivity index (χ3v) is 2.18. The number of hydrogen-bond acceptors (Lipinski definition) is 4. The lowest BCUT2D eigenvalue weighted by Gasteiger charge is -2.10. The van der Waals surface area contributed by atoms with Crippen LogP contribution in [0.1, 0.15) is 11.1 Å². The van der Waals surface area contributed by atoms with E-state index in [9.17, 15) is 4.79 Å². The Balaban J connectivity index is 2.56. The fraction of sp³-hybridized carbons (Fsp3) is 0.417. The van der Waals surface area contributed by atoms with Crippen molar-refractivity contribution in [3.8, 4) is 5.75 Å². The first-order valence-electron chi connectivity index (χ1n) is 5.32. The van der Waals surface area contributed by atoms with Crippen LogP contribution >= 0.6 is 0 Å². The number of aliphatic hydroxyl groups is 1. The zero-order chi connectivity index (χ0) is 12.7. The van der Waals surface area contributed by atoms with Gasteiger partial charge in [0.1, 0.15) is 12.4 Å². The summed E-state index contributed by atoms with van der Waals surface area (Å²) in [5, 5.41) is 10.9. The molecule has 1 aromatic rings. The molecule has 0 aromatic heterocycles. The third-order valence-electron chi connectivity index (χ3n) is 2.18. The fourth-order valence-corrected chi connectivity index (χ4v) is 1.37. The fourth-order valence-electron chi connectivity index (χ4n) is 1.37. The Morgan fingerprint density at radius 3 is 2.88 bits per heavy atom. The molecule has 94 valence electrons. The Labute approximate surface area is 100 Å². The minimum atomic E-state index is -0.553. The Morgan fingerprint density at radius 2 is 2.24 bits per heavy atom. The third kappa shape index (κ3) is 4.32. The first-order valence-corrected chi connectivity index (χ1v) is 5.32. The van der Waals surface area contributed by atoms with Gasteiger partial charge in [0.05, 0.1) is 13.7 Å². The lowest BCUT2D eigenvalue weighted by molar-refractivity contribution is 0.136. The molecule has 0 bridgehead atoms. The summed E-state index contributed by atoms with van der Waals surface area (Å²) in [4.78, 5) is 11.2. The van der Waals surface area contributed by atoms with E-state index in [1.807, 2.05) is 25.1 Å². The molecule has 1 aromatic carbocycles. The number of alkyl carbamates (subject to hydrolysis) is 1. The highest BCUT2D eigenvalue weighted by Crippen LogP contribution is 2.20. The number of aliphatic hydroxyl groups excluding tert-OH is 1. The van der Waals surface area contributed by atoms with E-state index < -0.39 is 6.09 Å². The average molecular weight is 239 g/mol. The monoisotopic (exact) mass is 239 g/mol. The molecular formula is C12H17NO4. The molecule has 0 atom stereocenters. The molecule has 2 N–H and O–H groups in total. The lowest BCUT2D eigenvalue weighted by atomic mass is 10.1. The van der Waals surface area contributed by atoms with Gasteiger partial charge >= 0.3 is 6.09 Å². The molecule has 0 radical (unpaired) electrons. The van der Waals surface area contributed by atoms with E-state index in [0.29, 0.717) is 5.75 Å². The van der Waals surface area contributed by atoms with Gasteiger partial charge in [-0.1, -0.05) is 11.6 Å². The Bertz CT molecular complexity index is 379. The molecule has 1 rings (SSSR count). The van der Waals surface area contributed by atoms with E-state index in [4.69, 9.17) is 14.6 Å². The van der Waals surface area contributed by atoms with Crippen molar-refractivity contribution in [1.29, 1.82) is 0 Å². The molecule has 0 saturated carbocycles. The minimum absolute atomic E-state index is 0.108. The number of amides is 1. The van der Waals surface area contributed by atoms with Crippen molar-refractivity contribution in [2.24, 2.45) is 0 Å². The van der Waals surface area contributed by atoms with Gasteiger partial charge in [0.2, 0.25) is 0 Å². The molecule has 0 unspecified atom stereocenters. The van der Waals surface area contributed by atoms with E-state index in [0.717, 1.165) is 11.1 Å². The SMILES string of the molecule is COc1ccc(C)cc1COC(=O)NCCO. The maximum absolute atomic E-state index is 11.2. The molecule has 0 fully saturated rings. The Morgan fingerprint density at radius 1 is 1.47 bits per heavy atom. The van der Waals surface area contributed by atoms with Crippen LogP contribution in [0.15, 0.2) is 18.2 Å². The number of carbonyl (C=O) groups excluding carboxylic acids is 1. The van der Waals surface area contributed by atoms with Crippen LogP contribution in [-0.2, 0) is 11.3 Å². The van der Waals surface area contributed by atoms with Crippen LogP contribution in [0.3, 0.4) is 0 Å². The smallest absolute Gasteiger partial charge is 0.407 e. The number of carbonyl (C=O) groups is 1. The molecule has 1 amide bonds. The number of benzene rings is 1. The summed E-state index contributed by atoms with van der Waals surface area (Å²) < 4.78 is 10.1. The van der Waals surface area contributed by atoms with E-state index in [1.54, 1.807) is 7.11 Å². The minimum Gasteiger partial charge on any atom is -0.496 e. The van der Waals surface area contributed by atoms with Gasteiger partial charge in [0.25, 0.3) is 0 Å². The summed E-state index contributed by atoms with van der Waals surface area (Å²) in [7, 11) is 1.57. The molecule has 0 aliphatic carbocycles. The van der Waals surface area contributed by atoms with E-state index >= 15 is 0 Å². The first-order chi connectivity index (χ1) is 8.17. The van der Waals surface area contributed by atoms with Gasteiger partial charge in [-0.05, 0) is 19.1 Å². The van der Waals surface area contributed by atoms with Crippen molar-refractivity contribution >= 4 is 6.09 Å². The topological polar surface area (TPSA) is 67.8 Å². The normalized spacial score (nSPS) is 9.82. The van der Waals surface area contributed by atoms with E-state index in [1.165, 1.54) is 0 Å².